The highest BCUT2D eigenvalue weighted by atomic mass is 16.3. The molecule has 5 rings (SSSR count). The SMILES string of the molecule is O[C@@H]1C=Cc2cc3c4c(ccc5cccc(c54)[C@H](O)[C@H]3O)c2[C@H]1O. The molecule has 4 N–H and O–H groups in total. The first-order valence-electron chi connectivity index (χ1n) is 8.00. The van der Waals surface area contributed by atoms with Crippen molar-refractivity contribution in [3.05, 3.63) is 64.7 Å². The van der Waals surface area contributed by atoms with Crippen LogP contribution in [0.5, 0.6) is 0 Å². The van der Waals surface area contributed by atoms with Gasteiger partial charge in [-0.1, -0.05) is 42.5 Å². The molecule has 0 amide bonds. The highest BCUT2D eigenvalue weighted by Gasteiger charge is 2.33. The van der Waals surface area contributed by atoms with Crippen LogP contribution in [0.15, 0.2) is 42.5 Å². The number of rotatable bonds is 0. The maximum atomic E-state index is 10.6. The number of hydrogen-bond acceptors (Lipinski definition) is 4. The van der Waals surface area contributed by atoms with Crippen LogP contribution in [0.3, 0.4) is 0 Å². The Kier molecular flexibility index (Phi) is 2.74. The van der Waals surface area contributed by atoms with Crippen LogP contribution < -0.4 is 0 Å². The number of benzene rings is 3. The van der Waals surface area contributed by atoms with Gasteiger partial charge in [0.1, 0.15) is 24.4 Å². The summed E-state index contributed by atoms with van der Waals surface area (Å²) in [6.45, 7) is 0. The van der Waals surface area contributed by atoms with Gasteiger partial charge in [-0.2, -0.15) is 0 Å². The van der Waals surface area contributed by atoms with Gasteiger partial charge in [0.25, 0.3) is 0 Å². The van der Waals surface area contributed by atoms with Crippen LogP contribution in [0.2, 0.25) is 0 Å². The Morgan fingerprint density at radius 1 is 0.750 bits per heavy atom. The molecule has 4 atom stereocenters. The van der Waals surface area contributed by atoms with Gasteiger partial charge in [-0.15, -0.1) is 0 Å². The molecule has 3 aromatic rings. The van der Waals surface area contributed by atoms with E-state index in [1.807, 2.05) is 36.4 Å². The Balaban J connectivity index is 2.03. The van der Waals surface area contributed by atoms with E-state index in [1.54, 1.807) is 12.2 Å². The van der Waals surface area contributed by atoms with Crippen LogP contribution in [0.4, 0.5) is 0 Å². The monoisotopic (exact) mass is 320 g/mol. The van der Waals surface area contributed by atoms with Gasteiger partial charge in [-0.25, -0.2) is 0 Å². The van der Waals surface area contributed by atoms with Crippen molar-refractivity contribution >= 4 is 27.6 Å². The number of aliphatic hydroxyl groups excluding tert-OH is 4. The summed E-state index contributed by atoms with van der Waals surface area (Å²) >= 11 is 0. The molecule has 4 heteroatoms. The van der Waals surface area contributed by atoms with Crippen molar-refractivity contribution in [1.29, 1.82) is 0 Å². The summed E-state index contributed by atoms with van der Waals surface area (Å²) in [5.41, 5.74) is 2.79. The smallest absolute Gasteiger partial charge is 0.110 e. The molecule has 0 aromatic heterocycles. The molecule has 0 aliphatic heterocycles. The van der Waals surface area contributed by atoms with Gasteiger partial charge in [0, 0.05) is 0 Å². The lowest BCUT2D eigenvalue weighted by Crippen LogP contribution is -2.22. The molecular weight excluding hydrogens is 304 g/mol. The minimum atomic E-state index is -1.02. The molecular formula is C20H16O4. The van der Waals surface area contributed by atoms with Crippen molar-refractivity contribution in [1.82, 2.24) is 0 Å². The van der Waals surface area contributed by atoms with E-state index in [9.17, 15) is 20.4 Å². The standard InChI is InChI=1S/C20H16O4/c21-14-7-5-10-8-13-17-11(16(10)20(14)24)6-4-9-2-1-3-12(15(9)17)18(22)19(13)23/h1-8,14,18-24H/t14-,18+,19+,20+/m1/s1. The van der Waals surface area contributed by atoms with Crippen LogP contribution in [0.25, 0.3) is 27.6 Å². The zero-order chi connectivity index (χ0) is 16.6. The molecule has 3 aromatic carbocycles. The summed E-state index contributed by atoms with van der Waals surface area (Å²) in [6, 6.07) is 11.3. The predicted molar refractivity (Wildman–Crippen MR) is 91.4 cm³/mol. The maximum absolute atomic E-state index is 10.6. The third kappa shape index (κ3) is 1.61. The third-order valence-electron chi connectivity index (χ3n) is 5.31. The fraction of sp³-hybridized carbons (Fsp3) is 0.200. The summed E-state index contributed by atoms with van der Waals surface area (Å²) in [5.74, 6) is 0. The minimum Gasteiger partial charge on any atom is -0.386 e. The van der Waals surface area contributed by atoms with Crippen molar-refractivity contribution in [2.45, 2.75) is 24.4 Å². The minimum absolute atomic E-state index is 0.661. The van der Waals surface area contributed by atoms with E-state index in [2.05, 4.69) is 0 Å². The van der Waals surface area contributed by atoms with Crippen LogP contribution in [-0.4, -0.2) is 26.5 Å². The molecule has 4 nitrogen and oxygen atoms in total. The number of fused-ring (bicyclic) bond motifs is 2. The zero-order valence-corrected chi connectivity index (χ0v) is 12.7. The predicted octanol–water partition coefficient (Wildman–Crippen LogP) is 2.49. The van der Waals surface area contributed by atoms with Crippen molar-refractivity contribution < 1.29 is 20.4 Å². The molecule has 2 aliphatic rings. The van der Waals surface area contributed by atoms with Gasteiger partial charge in [0.15, 0.2) is 0 Å². The summed E-state index contributed by atoms with van der Waals surface area (Å²) in [4.78, 5) is 0. The molecule has 0 unspecified atom stereocenters. The topological polar surface area (TPSA) is 80.9 Å². The van der Waals surface area contributed by atoms with E-state index in [-0.39, 0.29) is 0 Å². The molecule has 0 bridgehead atoms. The Bertz CT molecular complexity index is 1040. The van der Waals surface area contributed by atoms with E-state index in [4.69, 9.17) is 0 Å². The van der Waals surface area contributed by atoms with Crippen molar-refractivity contribution in [3.8, 4) is 0 Å². The normalized spacial score (nSPS) is 27.8. The van der Waals surface area contributed by atoms with E-state index in [0.29, 0.717) is 16.7 Å². The molecule has 120 valence electrons. The van der Waals surface area contributed by atoms with E-state index < -0.39 is 24.4 Å². The van der Waals surface area contributed by atoms with E-state index in [1.165, 1.54) is 0 Å². The molecule has 0 radical (unpaired) electrons. The largest absolute Gasteiger partial charge is 0.386 e. The van der Waals surface area contributed by atoms with Crippen LogP contribution in [-0.2, 0) is 0 Å². The number of aliphatic hydroxyl groups is 4. The first kappa shape index (κ1) is 14.1. The summed E-state index contributed by atoms with van der Waals surface area (Å²) in [7, 11) is 0. The maximum Gasteiger partial charge on any atom is 0.110 e. The van der Waals surface area contributed by atoms with Gasteiger partial charge >= 0.3 is 0 Å². The first-order chi connectivity index (χ1) is 11.6. The van der Waals surface area contributed by atoms with Gasteiger partial charge < -0.3 is 20.4 Å². The molecule has 0 saturated heterocycles. The fourth-order valence-electron chi connectivity index (χ4n) is 4.17. The Labute approximate surface area is 137 Å². The molecule has 0 fully saturated rings. The molecule has 24 heavy (non-hydrogen) atoms. The van der Waals surface area contributed by atoms with Gasteiger partial charge in [0.2, 0.25) is 0 Å². The second-order valence-electron chi connectivity index (χ2n) is 6.59. The average Bonchev–Trinajstić information content (AvgIpc) is 2.60. The van der Waals surface area contributed by atoms with E-state index >= 15 is 0 Å². The number of hydrogen-bond donors (Lipinski definition) is 4. The molecule has 0 saturated carbocycles. The Hall–Kier alpha value is -2.24. The fourth-order valence-corrected chi connectivity index (χ4v) is 4.17. The van der Waals surface area contributed by atoms with E-state index in [0.717, 1.165) is 27.1 Å². The summed E-state index contributed by atoms with van der Waals surface area (Å²) < 4.78 is 0. The summed E-state index contributed by atoms with van der Waals surface area (Å²) in [6.07, 6.45) is -0.650. The molecule has 0 heterocycles. The Morgan fingerprint density at radius 3 is 2.38 bits per heavy atom. The second-order valence-corrected chi connectivity index (χ2v) is 6.59. The van der Waals surface area contributed by atoms with Gasteiger partial charge in [-0.05, 0) is 49.9 Å². The molecule has 0 spiro atoms. The first-order valence-corrected chi connectivity index (χ1v) is 8.00. The lowest BCUT2D eigenvalue weighted by molar-refractivity contribution is 0.0177. The van der Waals surface area contributed by atoms with Crippen LogP contribution >= 0.6 is 0 Å². The van der Waals surface area contributed by atoms with Crippen molar-refractivity contribution in [2.75, 3.05) is 0 Å². The Morgan fingerprint density at radius 2 is 1.54 bits per heavy atom. The highest BCUT2D eigenvalue weighted by Crippen LogP contribution is 2.48. The lowest BCUT2D eigenvalue weighted by atomic mass is 9.78. The quantitative estimate of drug-likeness (QED) is 0.480. The summed E-state index contributed by atoms with van der Waals surface area (Å²) in [5, 5.41) is 45.2. The van der Waals surface area contributed by atoms with Crippen LogP contribution in [0, 0.1) is 0 Å². The van der Waals surface area contributed by atoms with Gasteiger partial charge in [0.05, 0.1) is 0 Å². The van der Waals surface area contributed by atoms with Gasteiger partial charge in [-0.3, -0.25) is 0 Å². The second kappa shape index (κ2) is 4.65. The molecule has 2 aliphatic carbocycles. The van der Waals surface area contributed by atoms with Crippen molar-refractivity contribution in [3.63, 3.8) is 0 Å². The van der Waals surface area contributed by atoms with Crippen LogP contribution in [0.1, 0.15) is 40.6 Å². The zero-order valence-electron chi connectivity index (χ0n) is 12.7. The third-order valence-corrected chi connectivity index (χ3v) is 5.31. The highest BCUT2D eigenvalue weighted by molar-refractivity contribution is 6.13. The van der Waals surface area contributed by atoms with Crippen molar-refractivity contribution in [2.24, 2.45) is 0 Å². The lowest BCUT2D eigenvalue weighted by Gasteiger charge is -2.31. The average molecular weight is 320 g/mol.